The Morgan fingerprint density at radius 1 is 1.31 bits per heavy atom. The van der Waals surface area contributed by atoms with Crippen molar-refractivity contribution in [2.75, 3.05) is 19.3 Å². The highest BCUT2D eigenvalue weighted by atomic mass is 35.5. The molecule has 1 fully saturated rings. The van der Waals surface area contributed by atoms with Gasteiger partial charge in [0.25, 0.3) is 0 Å². The lowest BCUT2D eigenvalue weighted by atomic mass is 9.99. The van der Waals surface area contributed by atoms with Crippen LogP contribution in [0.3, 0.4) is 0 Å². The molecule has 1 aromatic heterocycles. The molecule has 0 bridgehead atoms. The average Bonchev–Trinajstić information content (AvgIpc) is 3.31. The van der Waals surface area contributed by atoms with Crippen molar-refractivity contribution >= 4 is 38.8 Å². The van der Waals surface area contributed by atoms with E-state index in [1.54, 1.807) is 29.5 Å². The van der Waals surface area contributed by atoms with Gasteiger partial charge in [-0.3, -0.25) is 0 Å². The molecule has 0 radical (unpaired) electrons. The highest BCUT2D eigenvalue weighted by Gasteiger charge is 2.31. The van der Waals surface area contributed by atoms with Gasteiger partial charge in [-0.2, -0.15) is 8.42 Å². The summed E-state index contributed by atoms with van der Waals surface area (Å²) in [7, 11) is -3.69. The van der Waals surface area contributed by atoms with E-state index in [0.717, 1.165) is 48.6 Å². The molecule has 11 heteroatoms. The van der Waals surface area contributed by atoms with Crippen LogP contribution in [-0.2, 0) is 15.0 Å². The molecule has 2 aliphatic rings. The summed E-state index contributed by atoms with van der Waals surface area (Å²) in [4.78, 5) is 10.4. The second-order valence-electron chi connectivity index (χ2n) is 6.99. The summed E-state index contributed by atoms with van der Waals surface area (Å²) in [6.07, 6.45) is 3.21. The van der Waals surface area contributed by atoms with Crippen molar-refractivity contribution in [1.82, 2.24) is 4.98 Å². The molecule has 1 aromatic carbocycles. The lowest BCUT2D eigenvalue weighted by Crippen LogP contribution is -3.00. The minimum Gasteiger partial charge on any atom is -1.00 e. The quantitative estimate of drug-likeness (QED) is 0.582. The molecule has 1 saturated heterocycles. The van der Waals surface area contributed by atoms with Crippen molar-refractivity contribution < 1.29 is 35.2 Å². The van der Waals surface area contributed by atoms with E-state index in [-0.39, 0.29) is 18.2 Å². The first-order chi connectivity index (χ1) is 13.4. The van der Waals surface area contributed by atoms with Crippen LogP contribution in [0.1, 0.15) is 47.5 Å². The largest absolute Gasteiger partial charge is 1.00 e. The van der Waals surface area contributed by atoms with Gasteiger partial charge in [0, 0.05) is 30.6 Å². The van der Waals surface area contributed by atoms with Gasteiger partial charge in [-0.15, -0.1) is 11.3 Å². The molecular formula is C18H21Cl2N3O4S2. The first-order valence-electron chi connectivity index (χ1n) is 9.09. The zero-order valence-corrected chi connectivity index (χ0v) is 18.8. The Kier molecular flexibility index (Phi) is 7.06. The third-order valence-electron chi connectivity index (χ3n) is 4.85. The Balaban J connectivity index is 0.00000240. The maximum atomic E-state index is 11.6. The van der Waals surface area contributed by atoms with Gasteiger partial charge in [0.1, 0.15) is 5.71 Å². The van der Waals surface area contributed by atoms with E-state index in [2.05, 4.69) is 10.5 Å². The molecule has 4 rings (SSSR count). The summed E-state index contributed by atoms with van der Waals surface area (Å²) < 4.78 is 28.2. The number of nitrogens with two attached hydrogens (primary N) is 1. The van der Waals surface area contributed by atoms with Crippen LogP contribution in [0.5, 0.6) is 5.75 Å². The Bertz CT molecular complexity index is 1000. The summed E-state index contributed by atoms with van der Waals surface area (Å²) in [5.74, 6) is 0.676. The molecule has 2 N–H and O–H groups in total. The molecule has 29 heavy (non-hydrogen) atoms. The predicted octanol–water partition coefficient (Wildman–Crippen LogP) is -0.555. The summed E-state index contributed by atoms with van der Waals surface area (Å²) in [6.45, 7) is 2.28. The van der Waals surface area contributed by atoms with Crippen LogP contribution in [0.4, 0.5) is 0 Å². The molecular weight excluding hydrogens is 457 g/mol. The fraction of sp³-hybridized carbons (Fsp3) is 0.444. The van der Waals surface area contributed by atoms with Crippen LogP contribution in [0.25, 0.3) is 0 Å². The Morgan fingerprint density at radius 2 is 2.07 bits per heavy atom. The standard InChI is InChI=1S/C18H20ClN3O4S2.ClH/c1-28(23,24)26-15-4-2-3-12(19)17(15)16-9-13(22-25-16)14-10-27-18(21-14)11-5-7-20-8-6-11;/h2-4,10-11,16,20H,5-9H2,1H3;1H. The second-order valence-corrected chi connectivity index (χ2v) is 9.86. The van der Waals surface area contributed by atoms with Gasteiger partial charge in [0.15, 0.2) is 11.9 Å². The lowest BCUT2D eigenvalue weighted by Gasteiger charge is -2.17. The summed E-state index contributed by atoms with van der Waals surface area (Å²) in [5.41, 5.74) is 2.03. The van der Waals surface area contributed by atoms with Crippen LogP contribution < -0.4 is 21.9 Å². The van der Waals surface area contributed by atoms with Crippen molar-refractivity contribution in [1.29, 1.82) is 0 Å². The van der Waals surface area contributed by atoms with Crippen molar-refractivity contribution in [2.45, 2.75) is 31.3 Å². The summed E-state index contributed by atoms with van der Waals surface area (Å²) in [6, 6.07) is 4.87. The predicted molar refractivity (Wildman–Crippen MR) is 108 cm³/mol. The summed E-state index contributed by atoms with van der Waals surface area (Å²) >= 11 is 7.98. The van der Waals surface area contributed by atoms with Gasteiger partial charge in [-0.1, -0.05) is 22.8 Å². The number of halogens is 2. The molecule has 0 saturated carbocycles. The number of thiazole rings is 1. The summed E-state index contributed by atoms with van der Waals surface area (Å²) in [5, 5.41) is 10.1. The van der Waals surface area contributed by atoms with Crippen LogP contribution in [0.2, 0.25) is 5.02 Å². The van der Waals surface area contributed by atoms with Crippen LogP contribution in [-0.4, -0.2) is 38.5 Å². The molecule has 2 aromatic rings. The number of benzene rings is 1. The molecule has 0 spiro atoms. The second kappa shape index (κ2) is 9.18. The van der Waals surface area contributed by atoms with E-state index >= 15 is 0 Å². The van der Waals surface area contributed by atoms with Crippen LogP contribution in [0.15, 0.2) is 28.7 Å². The van der Waals surface area contributed by atoms with E-state index in [1.165, 1.54) is 0 Å². The lowest BCUT2D eigenvalue weighted by molar-refractivity contribution is -0.663. The first-order valence-corrected chi connectivity index (χ1v) is 12.2. The fourth-order valence-corrected chi connectivity index (χ4v) is 5.29. The van der Waals surface area contributed by atoms with Crippen molar-refractivity contribution in [2.24, 2.45) is 5.16 Å². The third-order valence-corrected chi connectivity index (χ3v) is 6.67. The van der Waals surface area contributed by atoms with E-state index in [9.17, 15) is 8.42 Å². The SMILES string of the molecule is CS(=O)(=O)Oc1cccc(Cl)c1C1CC(c2csc(C3CC[NH2+]CC3)n2)=NO1.[Cl-]. The van der Waals surface area contributed by atoms with Crippen LogP contribution >= 0.6 is 22.9 Å². The maximum absolute atomic E-state index is 11.6. The number of hydrogen-bond donors (Lipinski definition) is 1. The van der Waals surface area contributed by atoms with Crippen LogP contribution in [0, 0.1) is 0 Å². The van der Waals surface area contributed by atoms with Gasteiger partial charge in [0.2, 0.25) is 0 Å². The average molecular weight is 478 g/mol. The van der Waals surface area contributed by atoms with E-state index in [1.807, 2.05) is 5.38 Å². The number of hydrogen-bond acceptors (Lipinski definition) is 7. The maximum Gasteiger partial charge on any atom is 0.306 e. The van der Waals surface area contributed by atoms with Gasteiger partial charge in [0.05, 0.1) is 40.6 Å². The van der Waals surface area contributed by atoms with E-state index in [4.69, 9.17) is 25.6 Å². The number of nitrogens with zero attached hydrogens (tertiary/aromatic N) is 2. The number of aromatic nitrogens is 1. The van der Waals surface area contributed by atoms with Gasteiger partial charge in [-0.05, 0) is 12.1 Å². The van der Waals surface area contributed by atoms with Crippen molar-refractivity contribution in [3.05, 3.63) is 44.9 Å². The van der Waals surface area contributed by atoms with Gasteiger partial charge < -0.3 is 26.7 Å². The van der Waals surface area contributed by atoms with Crippen molar-refractivity contribution in [3.8, 4) is 5.75 Å². The molecule has 0 aliphatic carbocycles. The highest BCUT2D eigenvalue weighted by Crippen LogP contribution is 2.40. The zero-order chi connectivity index (χ0) is 19.7. The normalized spacial score (nSPS) is 19.9. The van der Waals surface area contributed by atoms with E-state index < -0.39 is 16.2 Å². The monoisotopic (exact) mass is 477 g/mol. The zero-order valence-electron chi connectivity index (χ0n) is 15.7. The fourth-order valence-electron chi connectivity index (χ4n) is 3.53. The minimum atomic E-state index is -3.69. The Hall–Kier alpha value is -1.39. The van der Waals surface area contributed by atoms with Gasteiger partial charge >= 0.3 is 10.1 Å². The Labute approximate surface area is 185 Å². The molecule has 3 heterocycles. The first kappa shape index (κ1) is 22.3. The number of oxime groups is 1. The molecule has 1 atom stereocenters. The molecule has 1 unspecified atom stereocenters. The molecule has 158 valence electrons. The molecule has 7 nitrogen and oxygen atoms in total. The Morgan fingerprint density at radius 3 is 2.79 bits per heavy atom. The smallest absolute Gasteiger partial charge is 0.306 e. The molecule has 0 amide bonds. The van der Waals surface area contributed by atoms with Gasteiger partial charge in [-0.25, -0.2) is 4.98 Å². The topological polar surface area (TPSA) is 94.5 Å². The highest BCUT2D eigenvalue weighted by molar-refractivity contribution is 7.86. The number of quaternary nitrogens is 1. The van der Waals surface area contributed by atoms with Crippen molar-refractivity contribution in [3.63, 3.8) is 0 Å². The number of piperidine rings is 1. The molecule has 2 aliphatic heterocycles. The third kappa shape index (κ3) is 5.21. The number of rotatable bonds is 5. The van der Waals surface area contributed by atoms with E-state index in [0.29, 0.717) is 22.9 Å². The minimum absolute atomic E-state index is 0.